The number of allylic oxidation sites excluding steroid dienone is 2. The summed E-state index contributed by atoms with van der Waals surface area (Å²) in [7, 11) is 0. The molecule has 1 aliphatic heterocycles. The normalized spacial score (nSPS) is 25.0. The van der Waals surface area contributed by atoms with E-state index in [0.717, 1.165) is 16.7 Å². The van der Waals surface area contributed by atoms with E-state index in [1.807, 2.05) is 38.1 Å². The van der Waals surface area contributed by atoms with E-state index >= 15 is 0 Å². The maximum Gasteiger partial charge on any atom is 0.216 e. The van der Waals surface area contributed by atoms with Gasteiger partial charge in [0.1, 0.15) is 0 Å². The lowest BCUT2D eigenvalue weighted by atomic mass is 9.87. The van der Waals surface area contributed by atoms with Gasteiger partial charge in [0.15, 0.2) is 5.78 Å². The molecule has 1 aromatic rings. The Kier molecular flexibility index (Phi) is 2.88. The summed E-state index contributed by atoms with van der Waals surface area (Å²) in [5, 5.41) is 0. The summed E-state index contributed by atoms with van der Waals surface area (Å²) >= 11 is 0. The number of hydrogen-bond donors (Lipinski definition) is 0. The summed E-state index contributed by atoms with van der Waals surface area (Å²) < 4.78 is 11.9. The minimum atomic E-state index is -0.920. The van der Waals surface area contributed by atoms with E-state index in [2.05, 4.69) is 0 Å². The Labute approximate surface area is 112 Å². The maximum absolute atomic E-state index is 11.7. The van der Waals surface area contributed by atoms with Crippen molar-refractivity contribution in [3.05, 3.63) is 53.6 Å². The van der Waals surface area contributed by atoms with Crippen LogP contribution in [0.25, 0.3) is 5.57 Å². The zero-order valence-electron chi connectivity index (χ0n) is 11.1. The van der Waals surface area contributed by atoms with Gasteiger partial charge in [0.05, 0.1) is 12.7 Å². The SMILES string of the molecule is CC(C)OC12C=CC(=O)C=C1c1ccccc1CO2. The van der Waals surface area contributed by atoms with E-state index in [0.29, 0.717) is 6.61 Å². The molecular weight excluding hydrogens is 240 g/mol. The van der Waals surface area contributed by atoms with Gasteiger partial charge in [0.2, 0.25) is 5.79 Å². The molecule has 98 valence electrons. The van der Waals surface area contributed by atoms with Crippen LogP contribution in [0.5, 0.6) is 0 Å². The summed E-state index contributed by atoms with van der Waals surface area (Å²) in [5.41, 5.74) is 2.92. The second-order valence-corrected chi connectivity index (χ2v) is 5.07. The standard InChI is InChI=1S/C16H16O3/c1-11(2)19-16-8-7-13(17)9-15(16)14-6-4-3-5-12(14)10-18-16/h3-9,11H,10H2,1-2H3. The largest absolute Gasteiger partial charge is 0.340 e. The molecule has 1 atom stereocenters. The van der Waals surface area contributed by atoms with Crippen LogP contribution in [0.1, 0.15) is 25.0 Å². The van der Waals surface area contributed by atoms with Crippen LogP contribution in [0.3, 0.4) is 0 Å². The molecule has 0 spiro atoms. The molecule has 0 radical (unpaired) electrons. The van der Waals surface area contributed by atoms with Gasteiger partial charge in [0.25, 0.3) is 0 Å². The number of carbonyl (C=O) groups excluding carboxylic acids is 1. The number of ether oxygens (including phenoxy) is 2. The first-order valence-electron chi connectivity index (χ1n) is 6.46. The Morgan fingerprint density at radius 1 is 1.32 bits per heavy atom. The van der Waals surface area contributed by atoms with Crippen LogP contribution in [0.4, 0.5) is 0 Å². The van der Waals surface area contributed by atoms with Crippen LogP contribution in [0, 0.1) is 0 Å². The lowest BCUT2D eigenvalue weighted by molar-refractivity contribution is -0.194. The lowest BCUT2D eigenvalue weighted by Crippen LogP contribution is -2.42. The fraction of sp³-hybridized carbons (Fsp3) is 0.312. The molecule has 0 bridgehead atoms. The minimum Gasteiger partial charge on any atom is -0.340 e. The van der Waals surface area contributed by atoms with Gasteiger partial charge in [-0.15, -0.1) is 0 Å². The highest BCUT2D eigenvalue weighted by atomic mass is 16.7. The first-order valence-corrected chi connectivity index (χ1v) is 6.46. The second kappa shape index (κ2) is 4.44. The van der Waals surface area contributed by atoms with Gasteiger partial charge in [-0.3, -0.25) is 4.79 Å². The fourth-order valence-electron chi connectivity index (χ4n) is 2.54. The van der Waals surface area contributed by atoms with Crippen LogP contribution in [-0.2, 0) is 20.9 Å². The van der Waals surface area contributed by atoms with Gasteiger partial charge in [-0.1, -0.05) is 24.3 Å². The third kappa shape index (κ3) is 2.05. The van der Waals surface area contributed by atoms with Gasteiger partial charge in [-0.2, -0.15) is 0 Å². The number of rotatable bonds is 2. The highest BCUT2D eigenvalue weighted by Gasteiger charge is 2.42. The monoisotopic (exact) mass is 256 g/mol. The van der Waals surface area contributed by atoms with Crippen LogP contribution in [0.2, 0.25) is 0 Å². The molecule has 0 saturated heterocycles. The molecule has 1 aromatic carbocycles. The molecular formula is C16H16O3. The third-order valence-corrected chi connectivity index (χ3v) is 3.29. The average Bonchev–Trinajstić information content (AvgIpc) is 2.39. The van der Waals surface area contributed by atoms with E-state index in [-0.39, 0.29) is 11.9 Å². The molecule has 0 fully saturated rings. The van der Waals surface area contributed by atoms with Gasteiger partial charge in [-0.25, -0.2) is 0 Å². The predicted octanol–water partition coefficient (Wildman–Crippen LogP) is 2.86. The first-order chi connectivity index (χ1) is 9.11. The summed E-state index contributed by atoms with van der Waals surface area (Å²) in [5.74, 6) is -0.950. The number of benzene rings is 1. The van der Waals surface area contributed by atoms with E-state index < -0.39 is 5.79 Å². The number of fused-ring (bicyclic) bond motifs is 3. The van der Waals surface area contributed by atoms with Gasteiger partial charge >= 0.3 is 0 Å². The smallest absolute Gasteiger partial charge is 0.216 e. The Bertz CT molecular complexity index is 583. The van der Waals surface area contributed by atoms with Crippen molar-refractivity contribution >= 4 is 11.4 Å². The van der Waals surface area contributed by atoms with E-state index in [1.54, 1.807) is 12.2 Å². The molecule has 0 amide bonds. The van der Waals surface area contributed by atoms with Gasteiger partial charge < -0.3 is 9.47 Å². The molecule has 0 aromatic heterocycles. The quantitative estimate of drug-likeness (QED) is 0.816. The average molecular weight is 256 g/mol. The van der Waals surface area contributed by atoms with Crippen LogP contribution < -0.4 is 0 Å². The van der Waals surface area contributed by atoms with E-state index in [4.69, 9.17) is 9.47 Å². The maximum atomic E-state index is 11.7. The van der Waals surface area contributed by atoms with Crippen molar-refractivity contribution in [2.45, 2.75) is 32.3 Å². The fourth-order valence-corrected chi connectivity index (χ4v) is 2.54. The number of hydrogen-bond acceptors (Lipinski definition) is 3. The lowest BCUT2D eigenvalue weighted by Gasteiger charge is -2.40. The summed E-state index contributed by atoms with van der Waals surface area (Å²) in [6.45, 7) is 4.40. The molecule has 1 aliphatic carbocycles. The molecule has 0 N–H and O–H groups in total. The van der Waals surface area contributed by atoms with Crippen molar-refractivity contribution in [1.29, 1.82) is 0 Å². The number of ketones is 1. The Morgan fingerprint density at radius 3 is 2.89 bits per heavy atom. The Morgan fingerprint density at radius 2 is 2.11 bits per heavy atom. The molecule has 3 rings (SSSR count). The first kappa shape index (κ1) is 12.3. The van der Waals surface area contributed by atoms with Crippen molar-refractivity contribution < 1.29 is 14.3 Å². The van der Waals surface area contributed by atoms with Gasteiger partial charge in [0, 0.05) is 5.57 Å². The van der Waals surface area contributed by atoms with E-state index in [1.165, 1.54) is 6.08 Å². The highest BCUT2D eigenvalue weighted by molar-refractivity contribution is 6.08. The molecule has 1 heterocycles. The van der Waals surface area contributed by atoms with Crippen LogP contribution >= 0.6 is 0 Å². The van der Waals surface area contributed by atoms with Crippen LogP contribution in [0.15, 0.2) is 42.5 Å². The topological polar surface area (TPSA) is 35.5 Å². The van der Waals surface area contributed by atoms with Crippen LogP contribution in [-0.4, -0.2) is 17.7 Å². The summed E-state index contributed by atoms with van der Waals surface area (Å²) in [4.78, 5) is 11.7. The second-order valence-electron chi connectivity index (χ2n) is 5.07. The summed E-state index contributed by atoms with van der Waals surface area (Å²) in [6, 6.07) is 7.96. The highest BCUT2D eigenvalue weighted by Crippen LogP contribution is 2.42. The molecule has 1 unspecified atom stereocenters. The molecule has 3 nitrogen and oxygen atoms in total. The zero-order valence-corrected chi connectivity index (χ0v) is 11.1. The molecule has 2 aliphatic rings. The van der Waals surface area contributed by atoms with Crippen molar-refractivity contribution in [3.63, 3.8) is 0 Å². The molecule has 0 saturated carbocycles. The van der Waals surface area contributed by atoms with Gasteiger partial charge in [-0.05, 0) is 43.2 Å². The summed E-state index contributed by atoms with van der Waals surface area (Å²) in [6.07, 6.45) is 4.85. The van der Waals surface area contributed by atoms with Crippen molar-refractivity contribution in [1.82, 2.24) is 0 Å². The van der Waals surface area contributed by atoms with Crippen molar-refractivity contribution in [2.75, 3.05) is 0 Å². The zero-order chi connectivity index (χ0) is 13.5. The molecule has 19 heavy (non-hydrogen) atoms. The Hall–Kier alpha value is -1.71. The van der Waals surface area contributed by atoms with Crippen molar-refractivity contribution in [2.24, 2.45) is 0 Å². The third-order valence-electron chi connectivity index (χ3n) is 3.29. The van der Waals surface area contributed by atoms with Crippen molar-refractivity contribution in [3.8, 4) is 0 Å². The Balaban J connectivity index is 2.13. The van der Waals surface area contributed by atoms with E-state index in [9.17, 15) is 4.79 Å². The minimum absolute atomic E-state index is 0.00603. The predicted molar refractivity (Wildman–Crippen MR) is 72.3 cm³/mol. The number of carbonyl (C=O) groups is 1. The molecule has 3 heteroatoms.